The van der Waals surface area contributed by atoms with Crippen molar-refractivity contribution in [1.29, 1.82) is 0 Å². The molecule has 2 N–H and O–H groups in total. The second-order valence-electron chi connectivity index (χ2n) is 5.01. The van der Waals surface area contributed by atoms with Gasteiger partial charge < -0.3 is 10.1 Å². The number of benzene rings is 1. The average Bonchev–Trinajstić information content (AvgIpc) is 3.03. The molecule has 2 amide bonds. The number of halogens is 3. The third-order valence-corrected chi connectivity index (χ3v) is 4.28. The number of amides is 2. The van der Waals surface area contributed by atoms with Gasteiger partial charge in [0.2, 0.25) is 0 Å². The maximum Gasteiger partial charge on any atom is 0.573 e. The summed E-state index contributed by atoms with van der Waals surface area (Å²) < 4.78 is 42.7. The molecule has 0 aliphatic carbocycles. The molecule has 0 spiro atoms. The van der Waals surface area contributed by atoms with Gasteiger partial charge in [0, 0.05) is 24.1 Å². The summed E-state index contributed by atoms with van der Waals surface area (Å²) in [6.45, 7) is 0. The van der Waals surface area contributed by atoms with Gasteiger partial charge in [-0.2, -0.15) is 16.9 Å². The summed E-state index contributed by atoms with van der Waals surface area (Å²) in [6.07, 6.45) is -4.84. The van der Waals surface area contributed by atoms with E-state index in [0.717, 1.165) is 28.8 Å². The van der Waals surface area contributed by atoms with Gasteiger partial charge in [-0.15, -0.1) is 13.2 Å². The van der Waals surface area contributed by atoms with Crippen LogP contribution in [-0.4, -0.2) is 22.2 Å². The summed E-state index contributed by atoms with van der Waals surface area (Å²) in [5.41, 5.74) is 1.75. The Hall–Kier alpha value is -2.36. The Kier molecular flexibility index (Phi) is 4.31. The van der Waals surface area contributed by atoms with Crippen LogP contribution in [-0.2, 0) is 18.6 Å². The van der Waals surface area contributed by atoms with E-state index in [1.807, 2.05) is 0 Å². The number of anilines is 2. The topological polar surface area (TPSA) is 68.2 Å². The molecule has 0 saturated carbocycles. The molecular formula is C14H13F3N4O2S. The van der Waals surface area contributed by atoms with Crippen LogP contribution in [0.4, 0.5) is 29.5 Å². The largest absolute Gasteiger partial charge is 0.573 e. The van der Waals surface area contributed by atoms with Gasteiger partial charge in [0.25, 0.3) is 0 Å². The quantitative estimate of drug-likeness (QED) is 0.878. The number of aromatic nitrogens is 2. The number of thioether (sulfide) groups is 1. The second-order valence-corrected chi connectivity index (χ2v) is 6.00. The van der Waals surface area contributed by atoms with E-state index < -0.39 is 18.1 Å². The molecule has 6 nitrogen and oxygen atoms in total. The minimum Gasteiger partial charge on any atom is -0.404 e. The Labute approximate surface area is 139 Å². The summed E-state index contributed by atoms with van der Waals surface area (Å²) >= 11 is 1.68. The Balaban J connectivity index is 1.74. The number of aryl methyl sites for hydroxylation is 1. The Morgan fingerprint density at radius 2 is 2.04 bits per heavy atom. The Morgan fingerprint density at radius 1 is 1.29 bits per heavy atom. The lowest BCUT2D eigenvalue weighted by molar-refractivity contribution is -0.274. The molecule has 10 heteroatoms. The van der Waals surface area contributed by atoms with Crippen LogP contribution in [0, 0.1) is 0 Å². The number of alkyl halides is 3. The molecule has 0 bridgehead atoms. The van der Waals surface area contributed by atoms with Crippen molar-refractivity contribution in [3.63, 3.8) is 0 Å². The van der Waals surface area contributed by atoms with Gasteiger partial charge in [-0.25, -0.2) is 4.79 Å². The average molecular weight is 358 g/mol. The lowest BCUT2D eigenvalue weighted by Crippen LogP contribution is -2.23. The van der Waals surface area contributed by atoms with Crippen LogP contribution in [0.15, 0.2) is 24.3 Å². The van der Waals surface area contributed by atoms with Crippen LogP contribution in [0.5, 0.6) is 5.75 Å². The van der Waals surface area contributed by atoms with Crippen LogP contribution in [0.3, 0.4) is 0 Å². The van der Waals surface area contributed by atoms with E-state index in [4.69, 9.17) is 0 Å². The first-order valence-electron chi connectivity index (χ1n) is 6.89. The van der Waals surface area contributed by atoms with Gasteiger partial charge >= 0.3 is 12.4 Å². The third kappa shape index (κ3) is 3.58. The SMILES string of the molecule is Cn1nc2c(c1NC(=O)Nc1ccccc1OC(F)(F)F)CSC2. The van der Waals surface area contributed by atoms with Crippen LogP contribution >= 0.6 is 11.8 Å². The van der Waals surface area contributed by atoms with Crippen molar-refractivity contribution in [2.24, 2.45) is 7.05 Å². The molecule has 1 aromatic heterocycles. The molecule has 24 heavy (non-hydrogen) atoms. The molecule has 0 fully saturated rings. The summed E-state index contributed by atoms with van der Waals surface area (Å²) in [5, 5.41) is 9.29. The minimum atomic E-state index is -4.84. The highest BCUT2D eigenvalue weighted by Crippen LogP contribution is 2.34. The van der Waals surface area contributed by atoms with Crippen molar-refractivity contribution in [2.45, 2.75) is 17.9 Å². The molecule has 0 atom stereocenters. The summed E-state index contributed by atoms with van der Waals surface area (Å²) in [6, 6.07) is 4.66. The van der Waals surface area contributed by atoms with Crippen molar-refractivity contribution >= 4 is 29.3 Å². The normalized spacial score (nSPS) is 13.5. The highest BCUT2D eigenvalue weighted by atomic mass is 32.2. The second kappa shape index (κ2) is 6.27. The predicted molar refractivity (Wildman–Crippen MR) is 84.0 cm³/mol. The lowest BCUT2D eigenvalue weighted by Gasteiger charge is -2.14. The maximum atomic E-state index is 12.4. The van der Waals surface area contributed by atoms with Crippen molar-refractivity contribution in [3.8, 4) is 5.75 Å². The third-order valence-electron chi connectivity index (χ3n) is 3.31. The first-order chi connectivity index (χ1) is 11.3. The molecular weight excluding hydrogens is 345 g/mol. The molecule has 0 radical (unpaired) electrons. The number of ether oxygens (including phenoxy) is 1. The molecule has 1 aliphatic rings. The van der Waals surface area contributed by atoms with Gasteiger partial charge in [-0.3, -0.25) is 10.00 Å². The standard InChI is InChI=1S/C14H13F3N4O2S/c1-21-12(8-6-24-7-10(8)20-21)19-13(22)18-9-4-2-3-5-11(9)23-14(15,16)17/h2-5H,6-7H2,1H3,(H2,18,19,22). The number of hydrogen-bond acceptors (Lipinski definition) is 4. The van der Waals surface area contributed by atoms with E-state index >= 15 is 0 Å². The smallest absolute Gasteiger partial charge is 0.404 e. The van der Waals surface area contributed by atoms with E-state index in [1.54, 1.807) is 23.5 Å². The number of nitrogens with one attached hydrogen (secondary N) is 2. The van der Waals surface area contributed by atoms with Gasteiger partial charge in [-0.05, 0) is 12.1 Å². The lowest BCUT2D eigenvalue weighted by atomic mass is 10.3. The number of urea groups is 1. The Bertz CT molecular complexity index is 776. The fourth-order valence-electron chi connectivity index (χ4n) is 2.34. The minimum absolute atomic E-state index is 0.0829. The van der Waals surface area contributed by atoms with Crippen LogP contribution < -0.4 is 15.4 Å². The first kappa shape index (κ1) is 16.5. The highest BCUT2D eigenvalue weighted by Gasteiger charge is 2.32. The number of hydrogen-bond donors (Lipinski definition) is 2. The molecule has 0 saturated heterocycles. The number of para-hydroxylation sites is 2. The number of carbonyl (C=O) groups excluding carboxylic acids is 1. The van der Waals surface area contributed by atoms with E-state index in [1.165, 1.54) is 18.2 Å². The van der Waals surface area contributed by atoms with Crippen molar-refractivity contribution in [2.75, 3.05) is 10.6 Å². The number of fused-ring (bicyclic) bond motifs is 1. The maximum absolute atomic E-state index is 12.4. The molecule has 1 aromatic carbocycles. The Morgan fingerprint density at radius 3 is 2.79 bits per heavy atom. The number of rotatable bonds is 3. The summed E-state index contributed by atoms with van der Waals surface area (Å²) in [4.78, 5) is 12.1. The zero-order valence-electron chi connectivity index (χ0n) is 12.5. The fourth-order valence-corrected chi connectivity index (χ4v) is 3.38. The molecule has 2 heterocycles. The van der Waals surface area contributed by atoms with E-state index in [-0.39, 0.29) is 5.69 Å². The number of carbonyl (C=O) groups is 1. The van der Waals surface area contributed by atoms with Crippen molar-refractivity contribution in [3.05, 3.63) is 35.5 Å². The summed E-state index contributed by atoms with van der Waals surface area (Å²) in [5.74, 6) is 1.55. The zero-order valence-corrected chi connectivity index (χ0v) is 13.3. The van der Waals surface area contributed by atoms with Gasteiger partial charge in [0.1, 0.15) is 5.82 Å². The molecule has 1 aliphatic heterocycles. The number of nitrogens with zero attached hydrogens (tertiary/aromatic N) is 2. The van der Waals surface area contributed by atoms with Crippen LogP contribution in [0.25, 0.3) is 0 Å². The van der Waals surface area contributed by atoms with Crippen molar-refractivity contribution < 1.29 is 22.7 Å². The monoisotopic (exact) mass is 358 g/mol. The van der Waals surface area contributed by atoms with E-state index in [9.17, 15) is 18.0 Å². The van der Waals surface area contributed by atoms with Crippen LogP contribution in [0.1, 0.15) is 11.3 Å². The van der Waals surface area contributed by atoms with Gasteiger partial charge in [0.05, 0.1) is 11.4 Å². The van der Waals surface area contributed by atoms with Gasteiger partial charge in [-0.1, -0.05) is 12.1 Å². The molecule has 2 aromatic rings. The fraction of sp³-hybridized carbons (Fsp3) is 0.286. The highest BCUT2D eigenvalue weighted by molar-refractivity contribution is 7.98. The van der Waals surface area contributed by atoms with Gasteiger partial charge in [0.15, 0.2) is 5.75 Å². The molecule has 128 valence electrons. The predicted octanol–water partition coefficient (Wildman–Crippen LogP) is 3.71. The molecule has 3 rings (SSSR count). The first-order valence-corrected chi connectivity index (χ1v) is 8.04. The summed E-state index contributed by atoms with van der Waals surface area (Å²) in [7, 11) is 1.69. The van der Waals surface area contributed by atoms with E-state index in [0.29, 0.717) is 5.82 Å². The zero-order chi connectivity index (χ0) is 17.3. The van der Waals surface area contributed by atoms with Crippen LogP contribution in [0.2, 0.25) is 0 Å². The molecule has 0 unspecified atom stereocenters. The van der Waals surface area contributed by atoms with E-state index in [2.05, 4.69) is 20.5 Å². The van der Waals surface area contributed by atoms with Crippen molar-refractivity contribution in [1.82, 2.24) is 9.78 Å².